The van der Waals surface area contributed by atoms with Crippen molar-refractivity contribution >= 4 is 0 Å². The molecule has 0 radical (unpaired) electrons. The molecule has 0 spiro atoms. The highest BCUT2D eigenvalue weighted by molar-refractivity contribution is 5.41. The summed E-state index contributed by atoms with van der Waals surface area (Å²) in [5, 5.41) is 12.9. The minimum absolute atomic E-state index is 0.188. The molecule has 1 aromatic carbocycles. The Kier molecular flexibility index (Phi) is 8.02. The summed E-state index contributed by atoms with van der Waals surface area (Å²) >= 11 is 0. The van der Waals surface area contributed by atoms with E-state index in [9.17, 15) is 5.11 Å². The summed E-state index contributed by atoms with van der Waals surface area (Å²) < 4.78 is 10.8. The van der Waals surface area contributed by atoms with Crippen molar-refractivity contribution in [3.63, 3.8) is 0 Å². The lowest BCUT2D eigenvalue weighted by atomic mass is 10.2. The SMILES string of the molecule is CCCCOCCNCc1ccc(O)c(OCC)c1. The van der Waals surface area contributed by atoms with Crippen LogP contribution < -0.4 is 10.1 Å². The maximum atomic E-state index is 9.59. The summed E-state index contributed by atoms with van der Waals surface area (Å²) in [5.74, 6) is 0.731. The first kappa shape index (κ1) is 15.8. The number of hydrogen-bond donors (Lipinski definition) is 2. The van der Waals surface area contributed by atoms with Gasteiger partial charge in [0.1, 0.15) is 0 Å². The zero-order valence-corrected chi connectivity index (χ0v) is 11.9. The first-order valence-electron chi connectivity index (χ1n) is 7.01. The van der Waals surface area contributed by atoms with E-state index in [1.54, 1.807) is 6.07 Å². The number of hydrogen-bond acceptors (Lipinski definition) is 4. The topological polar surface area (TPSA) is 50.7 Å². The van der Waals surface area contributed by atoms with Crippen LogP contribution in [0.4, 0.5) is 0 Å². The molecule has 1 aromatic rings. The van der Waals surface area contributed by atoms with E-state index in [1.165, 1.54) is 6.42 Å². The lowest BCUT2D eigenvalue weighted by molar-refractivity contribution is 0.133. The number of nitrogens with one attached hydrogen (secondary N) is 1. The standard InChI is InChI=1S/C15H25NO3/c1-3-5-9-18-10-8-16-12-13-6-7-14(17)15(11-13)19-4-2/h6-7,11,16-17H,3-5,8-10,12H2,1-2H3. The van der Waals surface area contributed by atoms with Gasteiger partial charge >= 0.3 is 0 Å². The van der Waals surface area contributed by atoms with E-state index in [0.29, 0.717) is 12.4 Å². The van der Waals surface area contributed by atoms with Gasteiger partial charge in [0.2, 0.25) is 0 Å². The van der Waals surface area contributed by atoms with Gasteiger partial charge in [0.05, 0.1) is 13.2 Å². The maximum Gasteiger partial charge on any atom is 0.161 e. The Balaban J connectivity index is 2.23. The lowest BCUT2D eigenvalue weighted by Crippen LogP contribution is -2.19. The highest BCUT2D eigenvalue weighted by atomic mass is 16.5. The molecular weight excluding hydrogens is 242 g/mol. The molecule has 4 heteroatoms. The van der Waals surface area contributed by atoms with Gasteiger partial charge in [-0.1, -0.05) is 19.4 Å². The van der Waals surface area contributed by atoms with Crippen molar-refractivity contribution in [2.24, 2.45) is 0 Å². The van der Waals surface area contributed by atoms with Crippen LogP contribution in [0.3, 0.4) is 0 Å². The zero-order valence-electron chi connectivity index (χ0n) is 11.9. The van der Waals surface area contributed by atoms with Gasteiger partial charge in [-0.3, -0.25) is 0 Å². The molecule has 0 atom stereocenters. The number of benzene rings is 1. The molecule has 0 aliphatic rings. The Labute approximate surface area is 115 Å². The number of rotatable bonds is 10. The fourth-order valence-electron chi connectivity index (χ4n) is 1.67. The number of phenols is 1. The third-order valence-corrected chi connectivity index (χ3v) is 2.72. The van der Waals surface area contributed by atoms with E-state index in [2.05, 4.69) is 12.2 Å². The molecule has 0 amide bonds. The van der Waals surface area contributed by atoms with Crippen LogP contribution in [0.1, 0.15) is 32.3 Å². The summed E-state index contributed by atoms with van der Waals surface area (Å²) in [6, 6.07) is 5.42. The molecular formula is C15H25NO3. The van der Waals surface area contributed by atoms with Crippen LogP contribution in [0, 0.1) is 0 Å². The van der Waals surface area contributed by atoms with Crippen molar-refractivity contribution < 1.29 is 14.6 Å². The van der Waals surface area contributed by atoms with Gasteiger partial charge in [0.25, 0.3) is 0 Å². The van der Waals surface area contributed by atoms with Crippen molar-refractivity contribution in [3.8, 4) is 11.5 Å². The molecule has 4 nitrogen and oxygen atoms in total. The van der Waals surface area contributed by atoms with Crippen molar-refractivity contribution in [1.29, 1.82) is 0 Å². The number of unbranched alkanes of at least 4 members (excludes halogenated alkanes) is 1. The Hall–Kier alpha value is -1.26. The highest BCUT2D eigenvalue weighted by Crippen LogP contribution is 2.26. The van der Waals surface area contributed by atoms with E-state index >= 15 is 0 Å². The zero-order chi connectivity index (χ0) is 13.9. The van der Waals surface area contributed by atoms with Crippen LogP contribution in [-0.2, 0) is 11.3 Å². The van der Waals surface area contributed by atoms with Crippen molar-refractivity contribution in [1.82, 2.24) is 5.32 Å². The summed E-state index contributed by atoms with van der Waals surface area (Å²) in [7, 11) is 0. The van der Waals surface area contributed by atoms with Gasteiger partial charge in [0, 0.05) is 19.7 Å². The van der Waals surface area contributed by atoms with Crippen LogP contribution in [0.25, 0.3) is 0 Å². The average Bonchev–Trinajstić information content (AvgIpc) is 2.41. The Bertz CT molecular complexity index is 355. The number of aromatic hydroxyl groups is 1. The molecule has 0 aromatic heterocycles. The predicted molar refractivity (Wildman–Crippen MR) is 76.7 cm³/mol. The summed E-state index contributed by atoms with van der Waals surface area (Å²) in [5.41, 5.74) is 1.09. The van der Waals surface area contributed by atoms with E-state index < -0.39 is 0 Å². The average molecular weight is 267 g/mol. The molecule has 0 saturated carbocycles. The summed E-state index contributed by atoms with van der Waals surface area (Å²) in [6.45, 7) is 7.75. The Morgan fingerprint density at radius 3 is 2.79 bits per heavy atom. The number of ether oxygens (including phenoxy) is 2. The van der Waals surface area contributed by atoms with E-state index in [-0.39, 0.29) is 5.75 Å². The molecule has 108 valence electrons. The third-order valence-electron chi connectivity index (χ3n) is 2.72. The van der Waals surface area contributed by atoms with Gasteiger partial charge in [-0.25, -0.2) is 0 Å². The predicted octanol–water partition coefficient (Wildman–Crippen LogP) is 2.70. The van der Waals surface area contributed by atoms with E-state index in [0.717, 1.165) is 38.3 Å². The fourth-order valence-corrected chi connectivity index (χ4v) is 1.67. The second-order valence-electron chi connectivity index (χ2n) is 4.38. The molecule has 0 bridgehead atoms. The molecule has 1 rings (SSSR count). The quantitative estimate of drug-likeness (QED) is 0.640. The molecule has 0 aliphatic carbocycles. The second kappa shape index (κ2) is 9.64. The van der Waals surface area contributed by atoms with Gasteiger partial charge in [-0.05, 0) is 31.0 Å². The minimum atomic E-state index is 0.188. The monoisotopic (exact) mass is 267 g/mol. The fraction of sp³-hybridized carbons (Fsp3) is 0.600. The van der Waals surface area contributed by atoms with E-state index in [4.69, 9.17) is 9.47 Å². The molecule has 0 aliphatic heterocycles. The molecule has 2 N–H and O–H groups in total. The van der Waals surface area contributed by atoms with Crippen molar-refractivity contribution in [2.75, 3.05) is 26.4 Å². The van der Waals surface area contributed by atoms with Crippen LogP contribution in [-0.4, -0.2) is 31.5 Å². The van der Waals surface area contributed by atoms with Crippen molar-refractivity contribution in [3.05, 3.63) is 23.8 Å². The largest absolute Gasteiger partial charge is 0.504 e. The maximum absolute atomic E-state index is 9.59. The van der Waals surface area contributed by atoms with Crippen LogP contribution in [0.2, 0.25) is 0 Å². The minimum Gasteiger partial charge on any atom is -0.504 e. The first-order valence-corrected chi connectivity index (χ1v) is 7.01. The molecule has 19 heavy (non-hydrogen) atoms. The molecule has 0 saturated heterocycles. The normalized spacial score (nSPS) is 10.6. The highest BCUT2D eigenvalue weighted by Gasteiger charge is 2.03. The molecule has 0 fully saturated rings. The third kappa shape index (κ3) is 6.45. The van der Waals surface area contributed by atoms with Gasteiger partial charge in [-0.15, -0.1) is 0 Å². The smallest absolute Gasteiger partial charge is 0.161 e. The lowest BCUT2D eigenvalue weighted by Gasteiger charge is -2.09. The number of phenolic OH excluding ortho intramolecular Hbond substituents is 1. The Morgan fingerprint density at radius 1 is 1.21 bits per heavy atom. The summed E-state index contributed by atoms with van der Waals surface area (Å²) in [4.78, 5) is 0. The van der Waals surface area contributed by atoms with Crippen molar-refractivity contribution in [2.45, 2.75) is 33.2 Å². The summed E-state index contributed by atoms with van der Waals surface area (Å²) in [6.07, 6.45) is 2.29. The van der Waals surface area contributed by atoms with Gasteiger partial charge in [-0.2, -0.15) is 0 Å². The van der Waals surface area contributed by atoms with Crippen LogP contribution in [0.5, 0.6) is 11.5 Å². The first-order chi connectivity index (χ1) is 9.27. The van der Waals surface area contributed by atoms with Crippen LogP contribution >= 0.6 is 0 Å². The van der Waals surface area contributed by atoms with Gasteiger partial charge in [0.15, 0.2) is 11.5 Å². The Morgan fingerprint density at radius 2 is 2.05 bits per heavy atom. The van der Waals surface area contributed by atoms with Gasteiger partial charge < -0.3 is 19.9 Å². The molecule has 0 heterocycles. The van der Waals surface area contributed by atoms with Crippen LogP contribution in [0.15, 0.2) is 18.2 Å². The second-order valence-corrected chi connectivity index (χ2v) is 4.38. The molecule has 0 unspecified atom stereocenters. The van der Waals surface area contributed by atoms with E-state index in [1.807, 2.05) is 19.1 Å².